The van der Waals surface area contributed by atoms with Crippen LogP contribution in [-0.4, -0.2) is 26.1 Å². The molecule has 1 amide bonds. The monoisotopic (exact) mass is 276 g/mol. The van der Waals surface area contributed by atoms with Crippen molar-refractivity contribution in [2.75, 3.05) is 25.5 Å². The molecule has 0 aliphatic heterocycles. The highest BCUT2D eigenvalue weighted by molar-refractivity contribution is 7.12. The van der Waals surface area contributed by atoms with E-state index in [0.29, 0.717) is 23.7 Å². The van der Waals surface area contributed by atoms with Gasteiger partial charge in [0.05, 0.1) is 7.11 Å². The van der Waals surface area contributed by atoms with E-state index in [1.54, 1.807) is 13.2 Å². The Labute approximate surface area is 116 Å². The van der Waals surface area contributed by atoms with Crippen molar-refractivity contribution in [2.24, 2.45) is 0 Å². The zero-order chi connectivity index (χ0) is 13.5. The fourth-order valence-electron chi connectivity index (χ4n) is 1.64. The molecule has 2 N–H and O–H groups in total. The van der Waals surface area contributed by atoms with Gasteiger partial charge in [-0.2, -0.15) is 0 Å². The standard InChI is InChI=1S/C14H16N2O2S/c1-18-12-7-10-19-13(12)14(17)16-9-8-15-11-5-3-2-4-6-11/h2-7,10,15H,8-9H2,1H3,(H,16,17). The van der Waals surface area contributed by atoms with Gasteiger partial charge in [0.15, 0.2) is 0 Å². The lowest BCUT2D eigenvalue weighted by molar-refractivity contribution is 0.0956. The average molecular weight is 276 g/mol. The maximum atomic E-state index is 11.9. The van der Waals surface area contributed by atoms with Gasteiger partial charge >= 0.3 is 0 Å². The number of hydrogen-bond acceptors (Lipinski definition) is 4. The second-order valence-corrected chi connectivity index (χ2v) is 4.78. The number of amides is 1. The van der Waals surface area contributed by atoms with E-state index < -0.39 is 0 Å². The van der Waals surface area contributed by atoms with Crippen molar-refractivity contribution in [3.05, 3.63) is 46.7 Å². The summed E-state index contributed by atoms with van der Waals surface area (Å²) in [5.74, 6) is 0.528. The molecule has 0 atom stereocenters. The molecule has 5 heteroatoms. The molecular formula is C14H16N2O2S. The van der Waals surface area contributed by atoms with Crippen LogP contribution in [0.1, 0.15) is 9.67 Å². The van der Waals surface area contributed by atoms with Crippen LogP contribution in [0.2, 0.25) is 0 Å². The maximum absolute atomic E-state index is 11.9. The molecule has 0 saturated heterocycles. The topological polar surface area (TPSA) is 50.4 Å². The number of benzene rings is 1. The average Bonchev–Trinajstić information content (AvgIpc) is 2.93. The molecule has 2 aromatic rings. The van der Waals surface area contributed by atoms with Crippen molar-refractivity contribution in [1.82, 2.24) is 5.32 Å². The number of anilines is 1. The van der Waals surface area contributed by atoms with Gasteiger partial charge in [0.25, 0.3) is 5.91 Å². The molecule has 1 aromatic heterocycles. The molecule has 0 spiro atoms. The Balaban J connectivity index is 1.75. The molecule has 1 aromatic carbocycles. The van der Waals surface area contributed by atoms with Gasteiger partial charge in [0, 0.05) is 18.8 Å². The van der Waals surface area contributed by atoms with Crippen LogP contribution < -0.4 is 15.4 Å². The van der Waals surface area contributed by atoms with Gasteiger partial charge < -0.3 is 15.4 Å². The molecule has 19 heavy (non-hydrogen) atoms. The van der Waals surface area contributed by atoms with E-state index in [2.05, 4.69) is 10.6 Å². The third-order valence-electron chi connectivity index (χ3n) is 2.57. The number of hydrogen-bond donors (Lipinski definition) is 2. The number of nitrogens with one attached hydrogen (secondary N) is 2. The van der Waals surface area contributed by atoms with Gasteiger partial charge in [-0.15, -0.1) is 11.3 Å². The van der Waals surface area contributed by atoms with Gasteiger partial charge in [-0.3, -0.25) is 4.79 Å². The minimum absolute atomic E-state index is 0.0956. The summed E-state index contributed by atoms with van der Waals surface area (Å²) in [6, 6.07) is 11.7. The van der Waals surface area contributed by atoms with Gasteiger partial charge in [-0.25, -0.2) is 0 Å². The molecule has 0 aliphatic carbocycles. The van der Waals surface area contributed by atoms with Gasteiger partial charge in [0.1, 0.15) is 10.6 Å². The molecule has 0 aliphatic rings. The molecule has 100 valence electrons. The number of rotatable bonds is 6. The Morgan fingerprint density at radius 3 is 2.74 bits per heavy atom. The molecule has 0 unspecified atom stereocenters. The van der Waals surface area contributed by atoms with Crippen molar-refractivity contribution in [3.63, 3.8) is 0 Å². The highest BCUT2D eigenvalue weighted by Gasteiger charge is 2.12. The summed E-state index contributed by atoms with van der Waals surface area (Å²) in [4.78, 5) is 12.5. The van der Waals surface area contributed by atoms with Crippen LogP contribution >= 0.6 is 11.3 Å². The normalized spacial score (nSPS) is 9.95. The first-order chi connectivity index (χ1) is 9.31. The Bertz CT molecular complexity index is 525. The van der Waals surface area contributed by atoms with E-state index in [1.165, 1.54) is 11.3 Å². The van der Waals surface area contributed by atoms with Gasteiger partial charge in [0.2, 0.25) is 0 Å². The third kappa shape index (κ3) is 3.72. The van der Waals surface area contributed by atoms with Gasteiger partial charge in [-0.05, 0) is 23.6 Å². The Morgan fingerprint density at radius 1 is 1.21 bits per heavy atom. The van der Waals surface area contributed by atoms with Crippen molar-refractivity contribution in [1.29, 1.82) is 0 Å². The van der Waals surface area contributed by atoms with Crippen molar-refractivity contribution >= 4 is 22.9 Å². The quantitative estimate of drug-likeness (QED) is 0.797. The molecule has 0 fully saturated rings. The highest BCUT2D eigenvalue weighted by atomic mass is 32.1. The molecule has 0 bridgehead atoms. The summed E-state index contributed by atoms with van der Waals surface area (Å²) in [5, 5.41) is 7.93. The summed E-state index contributed by atoms with van der Waals surface area (Å²) in [6.07, 6.45) is 0. The Morgan fingerprint density at radius 2 is 2.00 bits per heavy atom. The first-order valence-corrected chi connectivity index (χ1v) is 6.88. The Hall–Kier alpha value is -2.01. The summed E-state index contributed by atoms with van der Waals surface area (Å²) in [7, 11) is 1.57. The van der Waals surface area contributed by atoms with E-state index >= 15 is 0 Å². The third-order valence-corrected chi connectivity index (χ3v) is 3.46. The summed E-state index contributed by atoms with van der Waals surface area (Å²) in [6.45, 7) is 1.25. The second kappa shape index (κ2) is 6.80. The Kier molecular flexibility index (Phi) is 4.80. The molecule has 2 rings (SSSR count). The van der Waals surface area contributed by atoms with Gasteiger partial charge in [-0.1, -0.05) is 18.2 Å². The zero-order valence-electron chi connectivity index (χ0n) is 10.7. The second-order valence-electron chi connectivity index (χ2n) is 3.87. The van der Waals surface area contributed by atoms with Crippen LogP contribution in [0.15, 0.2) is 41.8 Å². The maximum Gasteiger partial charge on any atom is 0.265 e. The summed E-state index contributed by atoms with van der Waals surface area (Å²) < 4.78 is 5.12. The predicted molar refractivity (Wildman–Crippen MR) is 78.1 cm³/mol. The molecular weight excluding hydrogens is 260 g/mol. The van der Waals surface area contributed by atoms with E-state index in [1.807, 2.05) is 35.7 Å². The molecule has 0 radical (unpaired) electrons. The number of para-hydroxylation sites is 1. The lowest BCUT2D eigenvalue weighted by Crippen LogP contribution is -2.28. The number of carbonyl (C=O) groups is 1. The lowest BCUT2D eigenvalue weighted by Gasteiger charge is -2.07. The van der Waals surface area contributed by atoms with Crippen LogP contribution in [0, 0.1) is 0 Å². The lowest BCUT2D eigenvalue weighted by atomic mass is 10.3. The summed E-state index contributed by atoms with van der Waals surface area (Å²) >= 11 is 1.38. The predicted octanol–water partition coefficient (Wildman–Crippen LogP) is 2.60. The zero-order valence-corrected chi connectivity index (χ0v) is 11.5. The van der Waals surface area contributed by atoms with Crippen molar-refractivity contribution in [2.45, 2.75) is 0 Å². The van der Waals surface area contributed by atoms with Crippen LogP contribution in [-0.2, 0) is 0 Å². The van der Waals surface area contributed by atoms with Crippen LogP contribution in [0.3, 0.4) is 0 Å². The van der Waals surface area contributed by atoms with E-state index in [4.69, 9.17) is 4.74 Å². The van der Waals surface area contributed by atoms with Crippen molar-refractivity contribution < 1.29 is 9.53 Å². The minimum Gasteiger partial charge on any atom is -0.495 e. The largest absolute Gasteiger partial charge is 0.495 e. The van der Waals surface area contributed by atoms with E-state index in [0.717, 1.165) is 5.69 Å². The van der Waals surface area contributed by atoms with Crippen LogP contribution in [0.5, 0.6) is 5.75 Å². The number of thiophene rings is 1. The molecule has 1 heterocycles. The number of carbonyl (C=O) groups excluding carboxylic acids is 1. The SMILES string of the molecule is COc1ccsc1C(=O)NCCNc1ccccc1. The van der Waals surface area contributed by atoms with E-state index in [-0.39, 0.29) is 5.91 Å². The molecule has 4 nitrogen and oxygen atoms in total. The smallest absolute Gasteiger partial charge is 0.265 e. The summed E-state index contributed by atoms with van der Waals surface area (Å²) in [5.41, 5.74) is 1.05. The van der Waals surface area contributed by atoms with Crippen LogP contribution in [0.25, 0.3) is 0 Å². The first-order valence-electron chi connectivity index (χ1n) is 6.00. The van der Waals surface area contributed by atoms with Crippen LogP contribution in [0.4, 0.5) is 5.69 Å². The fourth-order valence-corrected chi connectivity index (χ4v) is 2.42. The minimum atomic E-state index is -0.0956. The highest BCUT2D eigenvalue weighted by Crippen LogP contribution is 2.23. The number of ether oxygens (including phenoxy) is 1. The fraction of sp³-hybridized carbons (Fsp3) is 0.214. The van der Waals surface area contributed by atoms with E-state index in [9.17, 15) is 4.79 Å². The number of methoxy groups -OCH3 is 1. The van der Waals surface area contributed by atoms with Crippen molar-refractivity contribution in [3.8, 4) is 5.75 Å². The molecule has 0 saturated carbocycles. The first kappa shape index (κ1) is 13.4.